The van der Waals surface area contributed by atoms with E-state index in [1.165, 1.54) is 16.7 Å². The van der Waals surface area contributed by atoms with Crippen molar-refractivity contribution >= 4 is 5.57 Å². The Balaban J connectivity index is 3.60. The Bertz CT molecular complexity index is 479. The molecule has 1 aromatic rings. The van der Waals surface area contributed by atoms with Gasteiger partial charge in [-0.15, -0.1) is 0 Å². The van der Waals surface area contributed by atoms with Gasteiger partial charge in [0.15, 0.2) is 0 Å². The van der Waals surface area contributed by atoms with Crippen LogP contribution in [-0.2, 0) is 0 Å². The lowest BCUT2D eigenvalue weighted by atomic mass is 9.88. The molecule has 0 atom stereocenters. The van der Waals surface area contributed by atoms with E-state index in [1.807, 2.05) is 6.08 Å². The van der Waals surface area contributed by atoms with Crippen molar-refractivity contribution in [2.75, 3.05) is 0 Å². The van der Waals surface area contributed by atoms with Crippen molar-refractivity contribution < 1.29 is 0 Å². The molecule has 0 aliphatic rings. The van der Waals surface area contributed by atoms with Crippen molar-refractivity contribution in [3.8, 4) is 0 Å². The summed E-state index contributed by atoms with van der Waals surface area (Å²) >= 11 is 0. The van der Waals surface area contributed by atoms with Crippen LogP contribution in [0.5, 0.6) is 0 Å². The van der Waals surface area contributed by atoms with Crippen LogP contribution in [0.4, 0.5) is 0 Å². The second kappa shape index (κ2) is 5.49. The standard InChI is InChI=1S/C17H20/c1-7-12(3)16(13(4)8-2)17-14(5)10-9-11-15(17)6/h7-11H,1-3H2,4-6H3/b16-13-. The highest BCUT2D eigenvalue weighted by Gasteiger charge is 2.11. The van der Waals surface area contributed by atoms with Crippen LogP contribution in [0.2, 0.25) is 0 Å². The van der Waals surface area contributed by atoms with E-state index in [1.54, 1.807) is 6.08 Å². The molecule has 0 aliphatic heterocycles. The third-order valence-corrected chi connectivity index (χ3v) is 3.00. The van der Waals surface area contributed by atoms with Crippen LogP contribution in [0.15, 0.2) is 61.2 Å². The van der Waals surface area contributed by atoms with E-state index in [0.29, 0.717) is 0 Å². The van der Waals surface area contributed by atoms with Crippen molar-refractivity contribution in [1.29, 1.82) is 0 Å². The van der Waals surface area contributed by atoms with Gasteiger partial charge in [-0.2, -0.15) is 0 Å². The average Bonchev–Trinajstić information content (AvgIpc) is 2.32. The maximum Gasteiger partial charge on any atom is -0.00832 e. The lowest BCUT2D eigenvalue weighted by molar-refractivity contribution is 1.32. The minimum absolute atomic E-state index is 0.944. The molecule has 0 unspecified atom stereocenters. The molecular weight excluding hydrogens is 204 g/mol. The third kappa shape index (κ3) is 2.65. The van der Waals surface area contributed by atoms with Gasteiger partial charge in [0.25, 0.3) is 0 Å². The van der Waals surface area contributed by atoms with E-state index in [-0.39, 0.29) is 0 Å². The molecular formula is C17H20. The molecule has 1 aromatic carbocycles. The van der Waals surface area contributed by atoms with Gasteiger partial charge in [0, 0.05) is 0 Å². The van der Waals surface area contributed by atoms with E-state index in [0.717, 1.165) is 16.7 Å². The highest BCUT2D eigenvalue weighted by Crippen LogP contribution is 2.31. The predicted octanol–water partition coefficient (Wildman–Crippen LogP) is 5.01. The van der Waals surface area contributed by atoms with Crippen LogP contribution in [0, 0.1) is 13.8 Å². The van der Waals surface area contributed by atoms with Crippen molar-refractivity contribution in [2.45, 2.75) is 20.8 Å². The lowest BCUT2D eigenvalue weighted by Crippen LogP contribution is -1.96. The SMILES string of the molecule is C=CC(=C)/C(=C(\C)C=C)c1c(C)cccc1C. The monoisotopic (exact) mass is 224 g/mol. The summed E-state index contributed by atoms with van der Waals surface area (Å²) in [6.07, 6.45) is 3.67. The van der Waals surface area contributed by atoms with Crippen LogP contribution in [0.25, 0.3) is 5.57 Å². The zero-order chi connectivity index (χ0) is 13.0. The fraction of sp³-hybridized carbons (Fsp3) is 0.176. The fourth-order valence-corrected chi connectivity index (χ4v) is 2.02. The van der Waals surface area contributed by atoms with Gasteiger partial charge in [0.05, 0.1) is 0 Å². The Morgan fingerprint density at radius 1 is 1.06 bits per heavy atom. The maximum absolute atomic E-state index is 4.08. The summed E-state index contributed by atoms with van der Waals surface area (Å²) in [6, 6.07) is 6.32. The highest BCUT2D eigenvalue weighted by molar-refractivity contribution is 5.86. The van der Waals surface area contributed by atoms with Gasteiger partial charge >= 0.3 is 0 Å². The van der Waals surface area contributed by atoms with E-state index in [9.17, 15) is 0 Å². The second-order valence-corrected chi connectivity index (χ2v) is 4.26. The largest absolute Gasteiger partial charge is 0.0988 e. The summed E-state index contributed by atoms with van der Waals surface area (Å²) in [6.45, 7) is 18.0. The molecule has 0 aromatic heterocycles. The number of allylic oxidation sites excluding steroid dienone is 5. The van der Waals surface area contributed by atoms with Gasteiger partial charge in [-0.25, -0.2) is 0 Å². The summed E-state index contributed by atoms with van der Waals surface area (Å²) in [5.74, 6) is 0. The Morgan fingerprint density at radius 3 is 2.00 bits per heavy atom. The van der Waals surface area contributed by atoms with Gasteiger partial charge in [-0.05, 0) is 54.2 Å². The van der Waals surface area contributed by atoms with Crippen molar-refractivity contribution in [1.82, 2.24) is 0 Å². The summed E-state index contributed by atoms with van der Waals surface area (Å²) in [5.41, 5.74) is 6.97. The molecule has 0 heteroatoms. The maximum atomic E-state index is 4.08. The number of rotatable bonds is 4. The summed E-state index contributed by atoms with van der Waals surface area (Å²) in [7, 11) is 0. The first-order valence-electron chi connectivity index (χ1n) is 5.74. The normalized spacial score (nSPS) is 11.7. The van der Waals surface area contributed by atoms with Crippen LogP contribution >= 0.6 is 0 Å². The summed E-state index contributed by atoms with van der Waals surface area (Å²) in [4.78, 5) is 0. The predicted molar refractivity (Wildman–Crippen MR) is 78.0 cm³/mol. The third-order valence-electron chi connectivity index (χ3n) is 3.00. The Kier molecular flexibility index (Phi) is 4.28. The minimum Gasteiger partial charge on any atom is -0.0988 e. The molecule has 0 heterocycles. The van der Waals surface area contributed by atoms with E-state index >= 15 is 0 Å². The molecule has 0 N–H and O–H groups in total. The van der Waals surface area contributed by atoms with E-state index in [4.69, 9.17) is 0 Å². The molecule has 0 radical (unpaired) electrons. The topological polar surface area (TPSA) is 0 Å². The van der Waals surface area contributed by atoms with Crippen molar-refractivity contribution in [3.63, 3.8) is 0 Å². The smallest absolute Gasteiger partial charge is 0.00832 e. The Morgan fingerprint density at radius 2 is 1.59 bits per heavy atom. The molecule has 1 rings (SSSR count). The quantitative estimate of drug-likeness (QED) is 0.631. The second-order valence-electron chi connectivity index (χ2n) is 4.26. The Labute approximate surface area is 105 Å². The molecule has 17 heavy (non-hydrogen) atoms. The molecule has 0 nitrogen and oxygen atoms in total. The van der Waals surface area contributed by atoms with Crippen molar-refractivity contribution in [3.05, 3.63) is 77.9 Å². The lowest BCUT2D eigenvalue weighted by Gasteiger charge is -2.16. The van der Waals surface area contributed by atoms with Gasteiger partial charge < -0.3 is 0 Å². The van der Waals surface area contributed by atoms with E-state index in [2.05, 4.69) is 58.7 Å². The van der Waals surface area contributed by atoms with Gasteiger partial charge in [0.2, 0.25) is 0 Å². The molecule has 0 amide bonds. The van der Waals surface area contributed by atoms with Crippen LogP contribution in [-0.4, -0.2) is 0 Å². The molecule has 0 aliphatic carbocycles. The first kappa shape index (κ1) is 13.2. The number of aryl methyl sites for hydroxylation is 2. The highest BCUT2D eigenvalue weighted by atomic mass is 14.2. The zero-order valence-corrected chi connectivity index (χ0v) is 11.0. The van der Waals surface area contributed by atoms with Gasteiger partial charge in [0.1, 0.15) is 0 Å². The van der Waals surface area contributed by atoms with Crippen LogP contribution in [0.1, 0.15) is 23.6 Å². The zero-order valence-electron chi connectivity index (χ0n) is 11.0. The first-order chi connectivity index (χ1) is 8.02. The molecule has 0 saturated carbocycles. The summed E-state index contributed by atoms with van der Waals surface area (Å²) < 4.78 is 0. The van der Waals surface area contributed by atoms with Gasteiger partial charge in [-0.3, -0.25) is 0 Å². The molecule has 0 fully saturated rings. The first-order valence-corrected chi connectivity index (χ1v) is 5.74. The van der Waals surface area contributed by atoms with Crippen LogP contribution < -0.4 is 0 Å². The molecule has 0 saturated heterocycles. The van der Waals surface area contributed by atoms with E-state index < -0.39 is 0 Å². The number of benzene rings is 1. The Hall–Kier alpha value is -1.82. The minimum atomic E-state index is 0.944. The fourth-order valence-electron chi connectivity index (χ4n) is 2.02. The number of hydrogen-bond donors (Lipinski definition) is 0. The van der Waals surface area contributed by atoms with Crippen molar-refractivity contribution in [2.24, 2.45) is 0 Å². The van der Waals surface area contributed by atoms with Crippen LogP contribution in [0.3, 0.4) is 0 Å². The molecule has 0 bridgehead atoms. The van der Waals surface area contributed by atoms with Gasteiger partial charge in [-0.1, -0.05) is 50.1 Å². The molecule has 88 valence electrons. The summed E-state index contributed by atoms with van der Waals surface area (Å²) in [5, 5.41) is 0. The number of hydrogen-bond acceptors (Lipinski definition) is 0. The molecule has 0 spiro atoms. The average molecular weight is 224 g/mol.